The first kappa shape index (κ1) is 9.77. The number of nitrogens with zero attached hydrogens (tertiary/aromatic N) is 1. The minimum Gasteiger partial charge on any atom is -0.495 e. The average Bonchev–Trinajstić information content (AvgIpc) is 2.94. The zero-order valence-electron chi connectivity index (χ0n) is 9.23. The number of hydrogen-bond acceptors (Lipinski definition) is 4. The summed E-state index contributed by atoms with van der Waals surface area (Å²) in [7, 11) is 1.64. The number of ether oxygens (including phenoxy) is 1. The summed E-state index contributed by atoms with van der Waals surface area (Å²) in [5.74, 6) is 0.796. The second-order valence-corrected chi connectivity index (χ2v) is 3.66. The number of anilines is 1. The number of aromatic nitrogens is 2. The van der Waals surface area contributed by atoms with E-state index < -0.39 is 0 Å². The third kappa shape index (κ3) is 1.44. The van der Waals surface area contributed by atoms with E-state index in [0.717, 1.165) is 22.2 Å². The lowest BCUT2D eigenvalue weighted by Gasteiger charge is -2.00. The van der Waals surface area contributed by atoms with E-state index in [0.29, 0.717) is 5.69 Å². The summed E-state index contributed by atoms with van der Waals surface area (Å²) in [5, 5.41) is 1.03. The molecule has 0 atom stereocenters. The molecular weight excluding hydrogens is 218 g/mol. The molecule has 1 aromatic carbocycles. The number of H-pyrrole nitrogens is 1. The highest BCUT2D eigenvalue weighted by Gasteiger charge is 2.12. The van der Waals surface area contributed by atoms with Crippen LogP contribution in [-0.2, 0) is 0 Å². The molecule has 0 bridgehead atoms. The van der Waals surface area contributed by atoms with Crippen LogP contribution in [0.2, 0.25) is 0 Å². The molecule has 0 saturated carbocycles. The third-order valence-electron chi connectivity index (χ3n) is 2.70. The van der Waals surface area contributed by atoms with Crippen molar-refractivity contribution in [3.8, 4) is 17.0 Å². The lowest BCUT2D eigenvalue weighted by molar-refractivity contribution is 0.419. The SMILES string of the molecule is COc1cccc2c(-c3coc(N)n3)c[nH]c12. The Bertz CT molecular complexity index is 669. The van der Waals surface area contributed by atoms with Crippen LogP contribution in [0.4, 0.5) is 6.01 Å². The van der Waals surface area contributed by atoms with Crippen molar-refractivity contribution in [1.29, 1.82) is 0 Å². The number of methoxy groups -OCH3 is 1. The van der Waals surface area contributed by atoms with Crippen LogP contribution in [0, 0.1) is 0 Å². The summed E-state index contributed by atoms with van der Waals surface area (Å²) in [6.07, 6.45) is 3.40. The first-order valence-corrected chi connectivity index (χ1v) is 5.15. The van der Waals surface area contributed by atoms with E-state index in [4.69, 9.17) is 14.9 Å². The molecular formula is C12H11N3O2. The summed E-state index contributed by atoms with van der Waals surface area (Å²) in [4.78, 5) is 7.28. The van der Waals surface area contributed by atoms with Gasteiger partial charge in [-0.25, -0.2) is 0 Å². The number of para-hydroxylation sites is 1. The van der Waals surface area contributed by atoms with E-state index in [2.05, 4.69) is 9.97 Å². The van der Waals surface area contributed by atoms with E-state index in [1.54, 1.807) is 7.11 Å². The Morgan fingerprint density at radius 1 is 1.41 bits per heavy atom. The lowest BCUT2D eigenvalue weighted by Crippen LogP contribution is -1.84. The first-order chi connectivity index (χ1) is 8.29. The summed E-state index contributed by atoms with van der Waals surface area (Å²) < 4.78 is 10.3. The van der Waals surface area contributed by atoms with Gasteiger partial charge in [0.1, 0.15) is 17.7 Å². The zero-order valence-corrected chi connectivity index (χ0v) is 9.23. The third-order valence-corrected chi connectivity index (χ3v) is 2.70. The molecule has 3 aromatic rings. The van der Waals surface area contributed by atoms with Gasteiger partial charge in [0.05, 0.1) is 12.6 Å². The highest BCUT2D eigenvalue weighted by atomic mass is 16.5. The minimum absolute atomic E-state index is 0.164. The fourth-order valence-corrected chi connectivity index (χ4v) is 1.92. The highest BCUT2D eigenvalue weighted by Crippen LogP contribution is 2.32. The Morgan fingerprint density at radius 3 is 3.00 bits per heavy atom. The fourth-order valence-electron chi connectivity index (χ4n) is 1.92. The Morgan fingerprint density at radius 2 is 2.29 bits per heavy atom. The number of oxazole rings is 1. The van der Waals surface area contributed by atoms with Crippen molar-refractivity contribution in [3.05, 3.63) is 30.7 Å². The number of nitrogen functional groups attached to an aromatic ring is 1. The van der Waals surface area contributed by atoms with E-state index in [1.807, 2.05) is 24.4 Å². The van der Waals surface area contributed by atoms with Crippen LogP contribution < -0.4 is 10.5 Å². The number of aromatic amines is 1. The zero-order chi connectivity index (χ0) is 11.8. The van der Waals surface area contributed by atoms with Crippen molar-refractivity contribution >= 4 is 16.9 Å². The van der Waals surface area contributed by atoms with Crippen LogP contribution >= 0.6 is 0 Å². The predicted molar refractivity (Wildman–Crippen MR) is 64.8 cm³/mol. The lowest BCUT2D eigenvalue weighted by atomic mass is 10.1. The van der Waals surface area contributed by atoms with Gasteiger partial charge in [-0.3, -0.25) is 0 Å². The predicted octanol–water partition coefficient (Wildman–Crippen LogP) is 2.41. The van der Waals surface area contributed by atoms with Gasteiger partial charge in [-0.15, -0.1) is 0 Å². The summed E-state index contributed by atoms with van der Waals surface area (Å²) in [6, 6.07) is 5.99. The molecule has 0 aliphatic carbocycles. The topological polar surface area (TPSA) is 77.1 Å². The number of nitrogens with one attached hydrogen (secondary N) is 1. The van der Waals surface area contributed by atoms with Crippen molar-refractivity contribution in [3.63, 3.8) is 0 Å². The second kappa shape index (κ2) is 3.55. The van der Waals surface area contributed by atoms with Crippen molar-refractivity contribution in [2.75, 3.05) is 12.8 Å². The smallest absolute Gasteiger partial charge is 0.292 e. The molecule has 0 aliphatic heterocycles. The molecule has 0 amide bonds. The maximum Gasteiger partial charge on any atom is 0.292 e. The molecule has 0 radical (unpaired) electrons. The van der Waals surface area contributed by atoms with E-state index >= 15 is 0 Å². The van der Waals surface area contributed by atoms with Crippen LogP contribution in [-0.4, -0.2) is 17.1 Å². The summed E-state index contributed by atoms with van der Waals surface area (Å²) in [6.45, 7) is 0. The largest absolute Gasteiger partial charge is 0.495 e. The quantitative estimate of drug-likeness (QED) is 0.707. The van der Waals surface area contributed by atoms with Crippen molar-refractivity contribution < 1.29 is 9.15 Å². The molecule has 5 nitrogen and oxygen atoms in total. The molecule has 2 heterocycles. The average molecular weight is 229 g/mol. The number of fused-ring (bicyclic) bond motifs is 1. The first-order valence-electron chi connectivity index (χ1n) is 5.15. The van der Waals surface area contributed by atoms with Crippen molar-refractivity contribution in [2.24, 2.45) is 0 Å². The summed E-state index contributed by atoms with van der Waals surface area (Å²) >= 11 is 0. The molecule has 3 N–H and O–H groups in total. The van der Waals surface area contributed by atoms with Crippen molar-refractivity contribution in [2.45, 2.75) is 0 Å². The van der Waals surface area contributed by atoms with Crippen molar-refractivity contribution in [1.82, 2.24) is 9.97 Å². The number of nitrogens with two attached hydrogens (primary N) is 1. The minimum atomic E-state index is 0.164. The Balaban J connectivity index is 2.25. The van der Waals surface area contributed by atoms with Gasteiger partial charge >= 0.3 is 0 Å². The van der Waals surface area contributed by atoms with Gasteiger partial charge < -0.3 is 19.9 Å². The van der Waals surface area contributed by atoms with Gasteiger partial charge in [-0.1, -0.05) is 12.1 Å². The summed E-state index contributed by atoms with van der Waals surface area (Å²) in [5.41, 5.74) is 8.06. The van der Waals surface area contributed by atoms with Gasteiger partial charge in [0, 0.05) is 17.1 Å². The Kier molecular flexibility index (Phi) is 2.04. The maximum atomic E-state index is 5.47. The van der Waals surface area contributed by atoms with Gasteiger partial charge in [0.25, 0.3) is 6.01 Å². The Hall–Kier alpha value is -2.43. The molecule has 0 fully saturated rings. The number of hydrogen-bond donors (Lipinski definition) is 2. The second-order valence-electron chi connectivity index (χ2n) is 3.66. The van der Waals surface area contributed by atoms with Crippen LogP contribution in [0.1, 0.15) is 0 Å². The fraction of sp³-hybridized carbons (Fsp3) is 0.0833. The molecule has 86 valence electrons. The van der Waals surface area contributed by atoms with Gasteiger partial charge in [-0.2, -0.15) is 4.98 Å². The number of rotatable bonds is 2. The molecule has 0 saturated heterocycles. The molecule has 17 heavy (non-hydrogen) atoms. The van der Waals surface area contributed by atoms with Crippen LogP contribution in [0.25, 0.3) is 22.2 Å². The van der Waals surface area contributed by atoms with E-state index in [1.165, 1.54) is 6.26 Å². The monoisotopic (exact) mass is 229 g/mol. The molecule has 0 aliphatic rings. The number of benzene rings is 1. The molecule has 0 unspecified atom stereocenters. The normalized spacial score (nSPS) is 10.9. The molecule has 2 aromatic heterocycles. The maximum absolute atomic E-state index is 5.47. The molecule has 0 spiro atoms. The van der Waals surface area contributed by atoms with Crippen LogP contribution in [0.15, 0.2) is 35.1 Å². The van der Waals surface area contributed by atoms with E-state index in [9.17, 15) is 0 Å². The molecule has 5 heteroatoms. The highest BCUT2D eigenvalue weighted by molar-refractivity contribution is 5.97. The van der Waals surface area contributed by atoms with Gasteiger partial charge in [-0.05, 0) is 6.07 Å². The van der Waals surface area contributed by atoms with Gasteiger partial charge in [0.2, 0.25) is 0 Å². The van der Waals surface area contributed by atoms with Crippen LogP contribution in [0.5, 0.6) is 5.75 Å². The van der Waals surface area contributed by atoms with E-state index in [-0.39, 0.29) is 6.01 Å². The standard InChI is InChI=1S/C12H11N3O2/c1-16-10-4-2-3-7-8(5-14-11(7)10)9-6-17-12(13)15-9/h2-6,14H,1H3,(H2,13,15). The molecule has 3 rings (SSSR count). The van der Waals surface area contributed by atoms with Gasteiger partial charge in [0.15, 0.2) is 0 Å². The Labute approximate surface area is 97.2 Å². The van der Waals surface area contributed by atoms with Crippen LogP contribution in [0.3, 0.4) is 0 Å².